The lowest BCUT2D eigenvalue weighted by Crippen LogP contribution is -2.50. The van der Waals surface area contributed by atoms with Crippen molar-refractivity contribution in [1.82, 2.24) is 9.97 Å². The molecule has 4 rings (SSSR count). The Morgan fingerprint density at radius 2 is 2.00 bits per heavy atom. The molecule has 2 atom stereocenters. The number of ether oxygens (including phenoxy) is 2. The minimum absolute atomic E-state index is 0.107. The molecule has 3 N–H and O–H groups in total. The minimum Gasteiger partial charge on any atom is -0.490 e. The molecule has 0 unspecified atom stereocenters. The third-order valence-electron chi connectivity index (χ3n) is 5.80. The van der Waals surface area contributed by atoms with E-state index in [4.69, 9.17) is 20.2 Å². The zero-order chi connectivity index (χ0) is 20.9. The van der Waals surface area contributed by atoms with Gasteiger partial charge < -0.3 is 25.4 Å². The van der Waals surface area contributed by atoms with E-state index < -0.39 is 0 Å². The first-order valence-electron chi connectivity index (χ1n) is 10.5. The molecule has 0 saturated carbocycles. The van der Waals surface area contributed by atoms with Gasteiger partial charge in [0.25, 0.3) is 0 Å². The number of nitriles is 1. The number of rotatable bonds is 5. The smallest absolute Gasteiger partial charge is 0.183 e. The van der Waals surface area contributed by atoms with Crippen LogP contribution in [0.3, 0.4) is 0 Å². The van der Waals surface area contributed by atoms with E-state index >= 15 is 0 Å². The molecule has 0 radical (unpaired) electrons. The molecule has 2 fully saturated rings. The molecular formula is C22H28N6O2. The zero-order valence-electron chi connectivity index (χ0n) is 17.3. The Morgan fingerprint density at radius 1 is 1.23 bits per heavy atom. The molecular weight excluding hydrogens is 380 g/mol. The van der Waals surface area contributed by atoms with E-state index in [0.717, 1.165) is 62.7 Å². The van der Waals surface area contributed by atoms with Crippen LogP contribution in [0.2, 0.25) is 0 Å². The lowest BCUT2D eigenvalue weighted by atomic mass is 9.98. The highest BCUT2D eigenvalue weighted by atomic mass is 16.5. The first-order chi connectivity index (χ1) is 14.6. The van der Waals surface area contributed by atoms with E-state index in [0.29, 0.717) is 5.82 Å². The van der Waals surface area contributed by atoms with Gasteiger partial charge in [0.15, 0.2) is 11.5 Å². The molecule has 2 aromatic rings. The fourth-order valence-corrected chi connectivity index (χ4v) is 3.92. The number of anilines is 3. The maximum absolute atomic E-state index is 9.46. The average molecular weight is 409 g/mol. The van der Waals surface area contributed by atoms with Gasteiger partial charge in [-0.3, -0.25) is 0 Å². The van der Waals surface area contributed by atoms with Crippen LogP contribution in [0.25, 0.3) is 0 Å². The number of nitrogens with zero attached hydrogens (tertiary/aromatic N) is 4. The van der Waals surface area contributed by atoms with Crippen molar-refractivity contribution in [3.63, 3.8) is 0 Å². The summed E-state index contributed by atoms with van der Waals surface area (Å²) in [6.45, 7) is 4.48. The van der Waals surface area contributed by atoms with Gasteiger partial charge in [-0.1, -0.05) is 0 Å². The first kappa shape index (κ1) is 20.4. The van der Waals surface area contributed by atoms with E-state index in [-0.39, 0.29) is 23.9 Å². The van der Waals surface area contributed by atoms with Crippen LogP contribution in [0.4, 0.5) is 17.3 Å². The van der Waals surface area contributed by atoms with Crippen LogP contribution in [-0.2, 0) is 4.74 Å². The van der Waals surface area contributed by atoms with Crippen molar-refractivity contribution < 1.29 is 9.47 Å². The Labute approximate surface area is 177 Å². The van der Waals surface area contributed by atoms with Gasteiger partial charge in [-0.15, -0.1) is 0 Å². The van der Waals surface area contributed by atoms with Crippen molar-refractivity contribution in [2.75, 3.05) is 30.0 Å². The Bertz CT molecular complexity index is 891. The minimum atomic E-state index is 0.107. The predicted molar refractivity (Wildman–Crippen MR) is 115 cm³/mol. The van der Waals surface area contributed by atoms with Crippen molar-refractivity contribution in [3.8, 4) is 11.8 Å². The summed E-state index contributed by atoms with van der Waals surface area (Å²) in [6, 6.07) is 10.1. The van der Waals surface area contributed by atoms with Gasteiger partial charge >= 0.3 is 0 Å². The lowest BCUT2D eigenvalue weighted by Gasteiger charge is -2.38. The van der Waals surface area contributed by atoms with Crippen LogP contribution in [0.1, 0.15) is 38.3 Å². The molecule has 0 aliphatic carbocycles. The molecule has 158 valence electrons. The second-order valence-corrected chi connectivity index (χ2v) is 7.86. The van der Waals surface area contributed by atoms with Gasteiger partial charge in [0, 0.05) is 37.2 Å². The number of nitrogens with one attached hydrogen (secondary N) is 1. The van der Waals surface area contributed by atoms with E-state index in [1.807, 2.05) is 24.3 Å². The van der Waals surface area contributed by atoms with E-state index in [2.05, 4.69) is 28.2 Å². The highest BCUT2D eigenvalue weighted by molar-refractivity contribution is 5.63. The molecule has 2 saturated heterocycles. The third kappa shape index (κ3) is 4.64. The predicted octanol–water partition coefficient (Wildman–Crippen LogP) is 2.97. The van der Waals surface area contributed by atoms with Gasteiger partial charge in [0.05, 0.1) is 19.4 Å². The molecule has 8 nitrogen and oxygen atoms in total. The van der Waals surface area contributed by atoms with Crippen LogP contribution in [0.15, 0.2) is 30.5 Å². The topological polar surface area (TPSA) is 109 Å². The number of aromatic nitrogens is 2. The summed E-state index contributed by atoms with van der Waals surface area (Å²) in [5, 5.41) is 12.7. The molecule has 30 heavy (non-hydrogen) atoms. The van der Waals surface area contributed by atoms with Crippen LogP contribution < -0.4 is 20.7 Å². The van der Waals surface area contributed by atoms with Gasteiger partial charge in [-0.2, -0.15) is 5.26 Å². The molecule has 0 spiro atoms. The maximum atomic E-state index is 9.46. The lowest BCUT2D eigenvalue weighted by molar-refractivity contribution is 0.0256. The summed E-state index contributed by atoms with van der Waals surface area (Å²) in [5.74, 6) is 2.00. The van der Waals surface area contributed by atoms with E-state index in [1.54, 1.807) is 6.20 Å². The Morgan fingerprint density at radius 3 is 2.73 bits per heavy atom. The Kier molecular flexibility index (Phi) is 6.31. The van der Waals surface area contributed by atoms with Gasteiger partial charge in [0.1, 0.15) is 23.7 Å². The molecule has 0 bridgehead atoms. The van der Waals surface area contributed by atoms with Crippen LogP contribution in [0, 0.1) is 11.3 Å². The fourth-order valence-electron chi connectivity index (χ4n) is 3.92. The number of piperidine rings is 1. The molecule has 3 heterocycles. The fraction of sp³-hybridized carbons (Fsp3) is 0.500. The molecule has 1 aromatic carbocycles. The van der Waals surface area contributed by atoms with Gasteiger partial charge in [0.2, 0.25) is 0 Å². The zero-order valence-corrected chi connectivity index (χ0v) is 17.3. The molecule has 2 aliphatic rings. The molecule has 8 heteroatoms. The molecule has 0 amide bonds. The van der Waals surface area contributed by atoms with Crippen LogP contribution >= 0.6 is 0 Å². The molecule has 1 aromatic heterocycles. The second kappa shape index (κ2) is 9.28. The maximum Gasteiger partial charge on any atom is 0.183 e. The van der Waals surface area contributed by atoms with E-state index in [9.17, 15) is 5.26 Å². The summed E-state index contributed by atoms with van der Waals surface area (Å²) in [7, 11) is 0. The Hall–Kier alpha value is -2.89. The third-order valence-corrected chi connectivity index (χ3v) is 5.80. The summed E-state index contributed by atoms with van der Waals surface area (Å²) in [6.07, 6.45) is 5.70. The number of hydrogen-bond donors (Lipinski definition) is 2. The Balaban J connectivity index is 1.48. The average Bonchev–Trinajstić information content (AvgIpc) is 2.78. The largest absolute Gasteiger partial charge is 0.490 e. The van der Waals surface area contributed by atoms with E-state index in [1.165, 1.54) is 0 Å². The van der Waals surface area contributed by atoms with Crippen molar-refractivity contribution >= 4 is 17.3 Å². The summed E-state index contributed by atoms with van der Waals surface area (Å²) in [4.78, 5) is 11.2. The standard InChI is InChI=1S/C22H28N6O2/c1-15-19(24)3-2-10-28(15)21-14-25-20(13-23)22(27-21)26-16-4-6-17(7-5-16)30-18-8-11-29-12-9-18/h4-7,14-15,18-19H,2-3,8-12,24H2,1H3,(H,26,27)/t15-,19-/m1/s1. The summed E-state index contributed by atoms with van der Waals surface area (Å²) in [5.41, 5.74) is 7.31. The second-order valence-electron chi connectivity index (χ2n) is 7.86. The first-order valence-corrected chi connectivity index (χ1v) is 10.5. The number of hydrogen-bond acceptors (Lipinski definition) is 8. The van der Waals surface area contributed by atoms with Crippen molar-refractivity contribution in [1.29, 1.82) is 5.26 Å². The quantitative estimate of drug-likeness (QED) is 0.777. The number of benzene rings is 1. The van der Waals surface area contributed by atoms with Gasteiger partial charge in [-0.25, -0.2) is 9.97 Å². The van der Waals surface area contributed by atoms with Crippen molar-refractivity contribution in [2.24, 2.45) is 5.73 Å². The highest BCUT2D eigenvalue weighted by Gasteiger charge is 2.27. The summed E-state index contributed by atoms with van der Waals surface area (Å²) < 4.78 is 11.4. The summed E-state index contributed by atoms with van der Waals surface area (Å²) >= 11 is 0. The molecule has 2 aliphatic heterocycles. The van der Waals surface area contributed by atoms with Gasteiger partial charge in [-0.05, 0) is 44.0 Å². The van der Waals surface area contributed by atoms with Crippen molar-refractivity contribution in [3.05, 3.63) is 36.2 Å². The van der Waals surface area contributed by atoms with Crippen LogP contribution in [-0.4, -0.2) is 47.9 Å². The van der Waals surface area contributed by atoms with Crippen molar-refractivity contribution in [2.45, 2.75) is 50.8 Å². The van der Waals surface area contributed by atoms with Crippen LogP contribution in [0.5, 0.6) is 5.75 Å². The normalized spacial score (nSPS) is 22.4. The SMILES string of the molecule is C[C@@H]1[C@H](N)CCCN1c1cnc(C#N)c(Nc2ccc(OC3CCOCC3)cc2)n1. The number of nitrogens with two attached hydrogens (primary N) is 1. The monoisotopic (exact) mass is 408 g/mol. The highest BCUT2D eigenvalue weighted by Crippen LogP contribution is 2.27.